The zero-order valence-electron chi connectivity index (χ0n) is 9.40. The maximum Gasteiger partial charge on any atom is 0.248 e. The van der Waals surface area contributed by atoms with Crippen molar-refractivity contribution in [2.75, 3.05) is 32.8 Å². The van der Waals surface area contributed by atoms with E-state index in [4.69, 9.17) is 4.74 Å². The Labute approximate surface area is 90.4 Å². The summed E-state index contributed by atoms with van der Waals surface area (Å²) in [7, 11) is 0. The van der Waals surface area contributed by atoms with Gasteiger partial charge in [0.15, 0.2) is 0 Å². The lowest BCUT2D eigenvalue weighted by atomic mass is 10.2. The van der Waals surface area contributed by atoms with Gasteiger partial charge in [0.2, 0.25) is 5.91 Å². The number of aliphatic hydroxyl groups is 1. The molecule has 1 atom stereocenters. The lowest BCUT2D eigenvalue weighted by Gasteiger charge is -2.29. The van der Waals surface area contributed by atoms with E-state index in [1.807, 2.05) is 13.8 Å². The molecule has 15 heavy (non-hydrogen) atoms. The Morgan fingerprint density at radius 1 is 1.60 bits per heavy atom. The molecule has 0 spiro atoms. The van der Waals surface area contributed by atoms with Crippen LogP contribution in [0.1, 0.15) is 13.8 Å². The summed E-state index contributed by atoms with van der Waals surface area (Å²) in [4.78, 5) is 13.0. The number of rotatable bonds is 5. The van der Waals surface area contributed by atoms with Crippen LogP contribution >= 0.6 is 0 Å². The van der Waals surface area contributed by atoms with Crippen molar-refractivity contribution in [2.24, 2.45) is 0 Å². The molecule has 0 saturated carbocycles. The minimum atomic E-state index is -0.505. The normalized spacial score (nSPS) is 19.7. The molecule has 1 aliphatic rings. The summed E-state index contributed by atoms with van der Waals surface area (Å²) in [6, 6.07) is 0.347. The second kappa shape index (κ2) is 6.05. The molecular formula is C10H20N2O3. The predicted octanol–water partition coefficient (Wildman–Crippen LogP) is -0.796. The third kappa shape index (κ3) is 4.59. The zero-order chi connectivity index (χ0) is 11.3. The van der Waals surface area contributed by atoms with Crippen LogP contribution in [0.5, 0.6) is 0 Å². The zero-order valence-corrected chi connectivity index (χ0v) is 9.40. The summed E-state index contributed by atoms with van der Waals surface area (Å²) < 4.78 is 5.00. The molecule has 1 amide bonds. The highest BCUT2D eigenvalue weighted by molar-refractivity contribution is 5.78. The van der Waals surface area contributed by atoms with E-state index in [-0.39, 0.29) is 12.5 Å². The summed E-state index contributed by atoms with van der Waals surface area (Å²) in [5.41, 5.74) is 0. The molecule has 5 nitrogen and oxygen atoms in total. The predicted molar refractivity (Wildman–Crippen MR) is 56.5 cm³/mol. The molecule has 1 saturated heterocycles. The quantitative estimate of drug-likeness (QED) is 0.632. The van der Waals surface area contributed by atoms with Crippen LogP contribution in [0, 0.1) is 0 Å². The lowest BCUT2D eigenvalue weighted by Crippen LogP contribution is -2.47. The van der Waals surface area contributed by atoms with Gasteiger partial charge in [-0.25, -0.2) is 0 Å². The van der Waals surface area contributed by atoms with Crippen LogP contribution < -0.4 is 5.32 Å². The largest absolute Gasteiger partial charge is 0.390 e. The Balaban J connectivity index is 2.23. The fourth-order valence-corrected chi connectivity index (χ4v) is 1.43. The summed E-state index contributed by atoms with van der Waals surface area (Å²) in [5, 5.41) is 12.8. The Bertz CT molecular complexity index is 209. The van der Waals surface area contributed by atoms with Gasteiger partial charge in [-0.05, 0) is 0 Å². The molecule has 0 aliphatic carbocycles. The van der Waals surface area contributed by atoms with Gasteiger partial charge in [-0.3, -0.25) is 4.79 Å². The van der Waals surface area contributed by atoms with Gasteiger partial charge in [0.25, 0.3) is 0 Å². The minimum absolute atomic E-state index is 0.0372. The maximum absolute atomic E-state index is 11.3. The number of carbonyl (C=O) groups excluding carboxylic acids is 1. The number of nitrogens with one attached hydrogen (secondary N) is 1. The van der Waals surface area contributed by atoms with Crippen molar-refractivity contribution in [2.45, 2.75) is 26.0 Å². The molecule has 5 heteroatoms. The highest BCUT2D eigenvalue weighted by Gasteiger charge is 2.20. The Morgan fingerprint density at radius 3 is 2.93 bits per heavy atom. The maximum atomic E-state index is 11.3. The van der Waals surface area contributed by atoms with Gasteiger partial charge >= 0.3 is 0 Å². The van der Waals surface area contributed by atoms with Crippen LogP contribution in [0.25, 0.3) is 0 Å². The van der Waals surface area contributed by atoms with Gasteiger partial charge in [0.1, 0.15) is 6.61 Å². The molecule has 2 N–H and O–H groups in total. The molecule has 1 fully saturated rings. The number of ether oxygens (including phenoxy) is 1. The average molecular weight is 216 g/mol. The Morgan fingerprint density at radius 2 is 2.33 bits per heavy atom. The third-order valence-corrected chi connectivity index (χ3v) is 2.28. The van der Waals surface area contributed by atoms with E-state index >= 15 is 0 Å². The van der Waals surface area contributed by atoms with Gasteiger partial charge in [-0.15, -0.1) is 0 Å². The van der Waals surface area contributed by atoms with Crippen molar-refractivity contribution in [3.8, 4) is 0 Å². The first kappa shape index (κ1) is 12.4. The molecular weight excluding hydrogens is 196 g/mol. The van der Waals surface area contributed by atoms with E-state index in [2.05, 4.69) is 5.32 Å². The van der Waals surface area contributed by atoms with Crippen molar-refractivity contribution in [3.05, 3.63) is 0 Å². The first-order chi connectivity index (χ1) is 7.09. The average Bonchev–Trinajstić information content (AvgIpc) is 2.18. The summed E-state index contributed by atoms with van der Waals surface area (Å²) in [6.07, 6.45) is -0.505. The van der Waals surface area contributed by atoms with E-state index in [0.717, 1.165) is 0 Å². The van der Waals surface area contributed by atoms with E-state index in [1.165, 1.54) is 0 Å². The Kier molecular flexibility index (Phi) is 5.01. The number of hydrogen-bond acceptors (Lipinski definition) is 4. The van der Waals surface area contributed by atoms with E-state index in [9.17, 15) is 9.90 Å². The molecule has 0 aromatic rings. The number of aliphatic hydroxyl groups excluding tert-OH is 1. The molecule has 0 aromatic carbocycles. The molecule has 88 valence electrons. The van der Waals surface area contributed by atoms with Crippen LogP contribution in [-0.4, -0.2) is 60.9 Å². The standard InChI is InChI=1S/C10H20N2O3/c1-8(2)11-5-9(13)6-12-3-4-15-7-10(12)14/h8-9,11,13H,3-7H2,1-2H3. The smallest absolute Gasteiger partial charge is 0.248 e. The summed E-state index contributed by atoms with van der Waals surface area (Å²) >= 11 is 0. The number of amides is 1. The van der Waals surface area contributed by atoms with Crippen molar-refractivity contribution >= 4 is 5.91 Å². The molecule has 1 unspecified atom stereocenters. The third-order valence-electron chi connectivity index (χ3n) is 2.28. The van der Waals surface area contributed by atoms with Crippen LogP contribution in [-0.2, 0) is 9.53 Å². The number of morpholine rings is 1. The minimum Gasteiger partial charge on any atom is -0.390 e. The molecule has 1 rings (SSSR count). The molecule has 0 aromatic heterocycles. The van der Waals surface area contributed by atoms with E-state index < -0.39 is 6.10 Å². The van der Waals surface area contributed by atoms with Gasteiger partial charge in [-0.1, -0.05) is 13.8 Å². The molecule has 1 aliphatic heterocycles. The van der Waals surface area contributed by atoms with Crippen molar-refractivity contribution in [1.82, 2.24) is 10.2 Å². The van der Waals surface area contributed by atoms with Crippen LogP contribution in [0.15, 0.2) is 0 Å². The highest BCUT2D eigenvalue weighted by atomic mass is 16.5. The number of β-amino-alcohol motifs (C(OH)–C–C–N with tert-alkyl or cyclic N) is 1. The van der Waals surface area contributed by atoms with Crippen LogP contribution in [0.2, 0.25) is 0 Å². The fraction of sp³-hybridized carbons (Fsp3) is 0.900. The fourth-order valence-electron chi connectivity index (χ4n) is 1.43. The molecule has 0 bridgehead atoms. The van der Waals surface area contributed by atoms with Crippen molar-refractivity contribution < 1.29 is 14.6 Å². The van der Waals surface area contributed by atoms with Gasteiger partial charge in [-0.2, -0.15) is 0 Å². The van der Waals surface area contributed by atoms with Crippen molar-refractivity contribution in [1.29, 1.82) is 0 Å². The number of hydrogen-bond donors (Lipinski definition) is 2. The summed E-state index contributed by atoms with van der Waals surface area (Å²) in [5.74, 6) is -0.0372. The van der Waals surface area contributed by atoms with Crippen LogP contribution in [0.4, 0.5) is 0 Å². The van der Waals surface area contributed by atoms with E-state index in [1.54, 1.807) is 4.90 Å². The molecule has 1 heterocycles. The van der Waals surface area contributed by atoms with Crippen molar-refractivity contribution in [3.63, 3.8) is 0 Å². The number of carbonyl (C=O) groups is 1. The second-order valence-corrected chi connectivity index (χ2v) is 4.11. The van der Waals surface area contributed by atoms with Gasteiger partial charge in [0.05, 0.1) is 12.7 Å². The first-order valence-corrected chi connectivity index (χ1v) is 5.36. The topological polar surface area (TPSA) is 61.8 Å². The summed E-state index contributed by atoms with van der Waals surface area (Å²) in [6.45, 7) is 6.24. The molecule has 0 radical (unpaired) electrons. The second-order valence-electron chi connectivity index (χ2n) is 4.11. The van der Waals surface area contributed by atoms with Gasteiger partial charge in [0, 0.05) is 25.7 Å². The highest BCUT2D eigenvalue weighted by Crippen LogP contribution is 2.00. The van der Waals surface area contributed by atoms with Gasteiger partial charge < -0.3 is 20.1 Å². The van der Waals surface area contributed by atoms with Crippen LogP contribution in [0.3, 0.4) is 0 Å². The lowest BCUT2D eigenvalue weighted by molar-refractivity contribution is -0.144. The monoisotopic (exact) mass is 216 g/mol. The SMILES string of the molecule is CC(C)NCC(O)CN1CCOCC1=O. The first-order valence-electron chi connectivity index (χ1n) is 5.36. The Hall–Kier alpha value is -0.650. The number of nitrogens with zero attached hydrogens (tertiary/aromatic N) is 1. The van der Waals surface area contributed by atoms with E-state index in [0.29, 0.717) is 32.3 Å².